The van der Waals surface area contributed by atoms with E-state index >= 15 is 0 Å². The molecule has 2 aromatic rings. The minimum absolute atomic E-state index is 0.130. The summed E-state index contributed by atoms with van der Waals surface area (Å²) in [5.41, 5.74) is 1.12. The highest BCUT2D eigenvalue weighted by Crippen LogP contribution is 2.28. The van der Waals surface area contributed by atoms with Crippen molar-refractivity contribution in [3.8, 4) is 0 Å². The Morgan fingerprint density at radius 2 is 1.09 bits per heavy atom. The molecule has 0 bridgehead atoms. The molecule has 1 heterocycles. The molecule has 2 aromatic carbocycles. The molecule has 0 unspecified atom stereocenters. The fourth-order valence-corrected chi connectivity index (χ4v) is 5.56. The third kappa shape index (κ3) is 8.87. The quantitative estimate of drug-likeness (QED) is 0.127. The lowest BCUT2D eigenvalue weighted by Crippen LogP contribution is -2.30. The van der Waals surface area contributed by atoms with Gasteiger partial charge in [0.15, 0.2) is 0 Å². The molecule has 0 N–H and O–H groups in total. The number of unbranched alkanes of at least 4 members (excludes halogenated alkanes) is 11. The maximum Gasteiger partial charge on any atom is 0.261 e. The van der Waals surface area contributed by atoms with Gasteiger partial charge in [0.25, 0.3) is 11.8 Å². The molecule has 0 saturated carbocycles. The minimum atomic E-state index is -1.05. The van der Waals surface area contributed by atoms with Gasteiger partial charge in [0.1, 0.15) is 0 Å². The van der Waals surface area contributed by atoms with Crippen LogP contribution in [0.3, 0.4) is 0 Å². The SMILES string of the molecule is C[Si](C)(C)COCCCCCCCCCCCCCCN1C(=O)c2cc3ccccc3cc2C1=O. The average Bonchev–Trinajstić information content (AvgIpc) is 3.05. The summed E-state index contributed by atoms with van der Waals surface area (Å²) in [5, 5.41) is 2.02. The number of carbonyl (C=O) groups excluding carboxylic acids is 2. The van der Waals surface area contributed by atoms with E-state index < -0.39 is 8.07 Å². The zero-order valence-electron chi connectivity index (χ0n) is 22.2. The van der Waals surface area contributed by atoms with Crippen LogP contribution in [0.5, 0.6) is 0 Å². The van der Waals surface area contributed by atoms with Crippen molar-refractivity contribution in [2.24, 2.45) is 0 Å². The normalized spacial score (nSPS) is 13.7. The zero-order chi connectivity index (χ0) is 25.1. The van der Waals surface area contributed by atoms with Gasteiger partial charge in [-0.25, -0.2) is 0 Å². The molecule has 0 spiro atoms. The number of amides is 2. The largest absolute Gasteiger partial charge is 0.385 e. The van der Waals surface area contributed by atoms with Crippen molar-refractivity contribution < 1.29 is 14.3 Å². The lowest BCUT2D eigenvalue weighted by Gasteiger charge is -2.15. The number of carbonyl (C=O) groups is 2. The first kappa shape index (κ1) is 27.6. The van der Waals surface area contributed by atoms with Gasteiger partial charge in [-0.05, 0) is 35.7 Å². The summed E-state index contributed by atoms with van der Waals surface area (Å²) in [7, 11) is -1.05. The van der Waals surface area contributed by atoms with E-state index in [1.165, 1.54) is 69.1 Å². The molecule has 3 rings (SSSR count). The molecule has 0 atom stereocenters. The van der Waals surface area contributed by atoms with Crippen molar-refractivity contribution in [3.63, 3.8) is 0 Å². The summed E-state index contributed by atoms with van der Waals surface area (Å²) in [6, 6.07) is 11.6. The smallest absolute Gasteiger partial charge is 0.261 e. The lowest BCUT2D eigenvalue weighted by atomic mass is 10.0. The van der Waals surface area contributed by atoms with Gasteiger partial charge in [-0.2, -0.15) is 0 Å². The van der Waals surface area contributed by atoms with Crippen LogP contribution in [0.1, 0.15) is 97.8 Å². The van der Waals surface area contributed by atoms with Crippen molar-refractivity contribution in [1.82, 2.24) is 4.90 Å². The molecule has 0 aliphatic carbocycles. The minimum Gasteiger partial charge on any atom is -0.385 e. The first-order valence-electron chi connectivity index (χ1n) is 13.8. The molecule has 1 aliphatic heterocycles. The highest BCUT2D eigenvalue weighted by molar-refractivity contribution is 6.76. The van der Waals surface area contributed by atoms with E-state index in [4.69, 9.17) is 4.74 Å². The van der Waals surface area contributed by atoms with Gasteiger partial charge >= 0.3 is 0 Å². The number of hydrogen-bond acceptors (Lipinski definition) is 3. The molecule has 5 heteroatoms. The number of ether oxygens (including phenoxy) is 1. The van der Waals surface area contributed by atoms with Crippen molar-refractivity contribution in [1.29, 1.82) is 0 Å². The highest BCUT2D eigenvalue weighted by atomic mass is 28.3. The maximum atomic E-state index is 12.8. The van der Waals surface area contributed by atoms with E-state index in [1.807, 2.05) is 36.4 Å². The molecule has 2 amide bonds. The first-order valence-corrected chi connectivity index (χ1v) is 17.5. The monoisotopic (exact) mass is 495 g/mol. The predicted molar refractivity (Wildman–Crippen MR) is 149 cm³/mol. The molecule has 35 heavy (non-hydrogen) atoms. The lowest BCUT2D eigenvalue weighted by molar-refractivity contribution is 0.0651. The molecular weight excluding hydrogens is 450 g/mol. The van der Waals surface area contributed by atoms with Crippen molar-refractivity contribution >= 4 is 30.7 Å². The van der Waals surface area contributed by atoms with Gasteiger partial charge in [0, 0.05) is 19.4 Å². The number of rotatable bonds is 17. The molecule has 0 aromatic heterocycles. The number of fused-ring (bicyclic) bond motifs is 2. The molecule has 0 fully saturated rings. The number of imide groups is 1. The van der Waals surface area contributed by atoms with Crippen LogP contribution in [0.15, 0.2) is 36.4 Å². The zero-order valence-corrected chi connectivity index (χ0v) is 23.2. The van der Waals surface area contributed by atoms with Gasteiger partial charge in [-0.1, -0.05) is 108 Å². The van der Waals surface area contributed by atoms with Crippen LogP contribution in [0.4, 0.5) is 0 Å². The van der Waals surface area contributed by atoms with Crippen molar-refractivity contribution in [3.05, 3.63) is 47.5 Å². The molecule has 0 saturated heterocycles. The van der Waals surface area contributed by atoms with E-state index in [-0.39, 0.29) is 11.8 Å². The second-order valence-corrected chi connectivity index (χ2v) is 16.8. The van der Waals surface area contributed by atoms with Gasteiger partial charge in [0.05, 0.1) is 19.2 Å². The van der Waals surface area contributed by atoms with Crippen molar-refractivity contribution in [2.45, 2.75) is 96.7 Å². The maximum absolute atomic E-state index is 12.8. The van der Waals surface area contributed by atoms with Gasteiger partial charge < -0.3 is 4.74 Å². The molecular formula is C30H45NO3Si. The van der Waals surface area contributed by atoms with Gasteiger partial charge in [0.2, 0.25) is 0 Å². The van der Waals surface area contributed by atoms with Crippen LogP contribution < -0.4 is 0 Å². The Balaban J connectivity index is 1.17. The van der Waals surface area contributed by atoms with Crippen LogP contribution in [-0.4, -0.2) is 44.2 Å². The number of nitrogens with zero attached hydrogens (tertiary/aromatic N) is 1. The molecule has 1 aliphatic rings. The Bertz CT molecular complexity index is 911. The second kappa shape index (κ2) is 13.9. The van der Waals surface area contributed by atoms with E-state index in [0.717, 1.165) is 36.5 Å². The second-order valence-electron chi connectivity index (χ2n) is 11.4. The van der Waals surface area contributed by atoms with E-state index in [1.54, 1.807) is 0 Å². The van der Waals surface area contributed by atoms with Crippen molar-refractivity contribution in [2.75, 3.05) is 19.4 Å². The van der Waals surface area contributed by atoms with Crippen LogP contribution in [0.2, 0.25) is 19.6 Å². The summed E-state index contributed by atoms with van der Waals surface area (Å²) < 4.78 is 5.79. The standard InChI is InChI=1S/C30H45NO3Si/c1-35(2,3)24-34-21-17-13-11-9-7-5-4-6-8-10-12-16-20-31-29(32)27-22-25-18-14-15-19-26(25)23-28(27)30(31)33/h14-15,18-19,22-23H,4-13,16-17,20-21,24H2,1-3H3. The molecule has 0 radical (unpaired) electrons. The Hall–Kier alpha value is -1.98. The van der Waals surface area contributed by atoms with Crippen LogP contribution in [0, 0.1) is 0 Å². The van der Waals surface area contributed by atoms with E-state index in [2.05, 4.69) is 19.6 Å². The molecule has 192 valence electrons. The van der Waals surface area contributed by atoms with E-state index in [0.29, 0.717) is 17.7 Å². The Kier molecular flexibility index (Phi) is 11.0. The Morgan fingerprint density at radius 1 is 0.657 bits per heavy atom. The highest BCUT2D eigenvalue weighted by Gasteiger charge is 2.35. The van der Waals surface area contributed by atoms with Crippen LogP contribution >= 0.6 is 0 Å². The average molecular weight is 496 g/mol. The summed E-state index contributed by atoms with van der Waals surface area (Å²) in [6.45, 7) is 8.53. The topological polar surface area (TPSA) is 46.6 Å². The van der Waals surface area contributed by atoms with Crippen LogP contribution in [-0.2, 0) is 4.74 Å². The third-order valence-corrected chi connectivity index (χ3v) is 7.86. The summed E-state index contributed by atoms with van der Waals surface area (Å²) in [4.78, 5) is 27.0. The van der Waals surface area contributed by atoms with Gasteiger partial charge in [-0.3, -0.25) is 14.5 Å². The Labute approximate surface area is 213 Å². The number of benzene rings is 2. The first-order chi connectivity index (χ1) is 16.9. The Morgan fingerprint density at radius 3 is 1.54 bits per heavy atom. The van der Waals surface area contributed by atoms with Gasteiger partial charge in [-0.15, -0.1) is 0 Å². The fraction of sp³-hybridized carbons (Fsp3) is 0.600. The summed E-state index contributed by atoms with van der Waals surface area (Å²) in [6.07, 6.45) is 15.9. The number of hydrogen-bond donors (Lipinski definition) is 0. The van der Waals surface area contributed by atoms with E-state index in [9.17, 15) is 9.59 Å². The van der Waals surface area contributed by atoms with Crippen LogP contribution in [0.25, 0.3) is 10.8 Å². The molecule has 4 nitrogen and oxygen atoms in total. The fourth-order valence-electron chi connectivity index (χ4n) is 4.80. The third-order valence-electron chi connectivity index (χ3n) is 6.79. The summed E-state index contributed by atoms with van der Waals surface area (Å²) in [5.74, 6) is -0.260. The summed E-state index contributed by atoms with van der Waals surface area (Å²) >= 11 is 0. The predicted octanol–water partition coefficient (Wildman–Crippen LogP) is 8.01.